The number of aliphatic hydroxyl groups is 1. The molecule has 1 aliphatic carbocycles. The number of aliphatic imine (C=N–C) groups is 1. The number of rotatable bonds is 3. The fourth-order valence-corrected chi connectivity index (χ4v) is 2.75. The molecular formula is C18H19NO2. The van der Waals surface area contributed by atoms with E-state index in [1.165, 1.54) is 5.56 Å². The Balaban J connectivity index is 1.81. The van der Waals surface area contributed by atoms with Crippen LogP contribution in [0.15, 0.2) is 53.5 Å². The lowest BCUT2D eigenvalue weighted by Crippen LogP contribution is -2.24. The van der Waals surface area contributed by atoms with Crippen molar-refractivity contribution in [3.8, 4) is 5.75 Å². The summed E-state index contributed by atoms with van der Waals surface area (Å²) in [5, 5.41) is 10.5. The Morgan fingerprint density at radius 2 is 2.00 bits per heavy atom. The Kier molecular flexibility index (Phi) is 4.02. The standard InChI is InChI=1S/C18H19NO2/c1-21-15-9-7-14-8-10-17(18(20)16(14)11-15)19-12-13-5-3-2-4-6-13/h2-7,9,11-12,17-18,20H,8,10H2,1H3. The van der Waals surface area contributed by atoms with Crippen LogP contribution in [0.2, 0.25) is 0 Å². The van der Waals surface area contributed by atoms with Gasteiger partial charge in [-0.2, -0.15) is 0 Å². The molecule has 1 aliphatic rings. The summed E-state index contributed by atoms with van der Waals surface area (Å²) in [4.78, 5) is 4.57. The SMILES string of the molecule is COc1ccc2c(c1)C(O)C(N=Cc1ccccc1)CC2. The van der Waals surface area contributed by atoms with Crippen LogP contribution in [-0.4, -0.2) is 24.5 Å². The van der Waals surface area contributed by atoms with Gasteiger partial charge in [0.05, 0.1) is 13.2 Å². The number of aryl methyl sites for hydroxylation is 1. The van der Waals surface area contributed by atoms with Crippen molar-refractivity contribution >= 4 is 6.21 Å². The van der Waals surface area contributed by atoms with E-state index in [1.54, 1.807) is 7.11 Å². The first kappa shape index (κ1) is 13.8. The molecule has 0 bridgehead atoms. The van der Waals surface area contributed by atoms with Gasteiger partial charge in [0.2, 0.25) is 0 Å². The summed E-state index contributed by atoms with van der Waals surface area (Å²) in [7, 11) is 1.64. The number of fused-ring (bicyclic) bond motifs is 1. The van der Waals surface area contributed by atoms with Gasteiger partial charge in [-0.05, 0) is 41.7 Å². The van der Waals surface area contributed by atoms with Crippen LogP contribution in [0, 0.1) is 0 Å². The fraction of sp³-hybridized carbons (Fsp3) is 0.278. The maximum atomic E-state index is 10.5. The molecule has 108 valence electrons. The van der Waals surface area contributed by atoms with Crippen LogP contribution in [0.25, 0.3) is 0 Å². The van der Waals surface area contributed by atoms with Crippen LogP contribution in [0.1, 0.15) is 29.2 Å². The smallest absolute Gasteiger partial charge is 0.119 e. The van der Waals surface area contributed by atoms with E-state index < -0.39 is 6.10 Å². The third-order valence-corrected chi connectivity index (χ3v) is 3.96. The van der Waals surface area contributed by atoms with Crippen LogP contribution in [0.3, 0.4) is 0 Å². The van der Waals surface area contributed by atoms with Crippen LogP contribution >= 0.6 is 0 Å². The molecule has 0 amide bonds. The van der Waals surface area contributed by atoms with E-state index in [-0.39, 0.29) is 6.04 Å². The van der Waals surface area contributed by atoms with E-state index in [0.717, 1.165) is 29.7 Å². The van der Waals surface area contributed by atoms with Gasteiger partial charge < -0.3 is 9.84 Å². The maximum Gasteiger partial charge on any atom is 0.119 e. The van der Waals surface area contributed by atoms with Crippen LogP contribution in [0.5, 0.6) is 5.75 Å². The summed E-state index contributed by atoms with van der Waals surface area (Å²) in [6.45, 7) is 0. The molecule has 0 fully saturated rings. The predicted molar refractivity (Wildman–Crippen MR) is 84.1 cm³/mol. The van der Waals surface area contributed by atoms with Crippen molar-refractivity contribution in [2.45, 2.75) is 25.0 Å². The molecule has 3 heteroatoms. The molecule has 2 atom stereocenters. The number of aliphatic hydroxyl groups excluding tert-OH is 1. The van der Waals surface area contributed by atoms with Crippen LogP contribution in [-0.2, 0) is 6.42 Å². The molecule has 0 spiro atoms. The summed E-state index contributed by atoms with van der Waals surface area (Å²) < 4.78 is 5.24. The summed E-state index contributed by atoms with van der Waals surface area (Å²) in [5.41, 5.74) is 3.19. The van der Waals surface area contributed by atoms with Gasteiger partial charge >= 0.3 is 0 Å². The molecule has 0 saturated heterocycles. The quantitative estimate of drug-likeness (QED) is 0.878. The molecule has 2 unspecified atom stereocenters. The van der Waals surface area contributed by atoms with Gasteiger partial charge in [-0.15, -0.1) is 0 Å². The summed E-state index contributed by atoms with van der Waals surface area (Å²) in [5.74, 6) is 0.778. The van der Waals surface area contributed by atoms with E-state index in [0.29, 0.717) is 0 Å². The lowest BCUT2D eigenvalue weighted by Gasteiger charge is -2.27. The maximum absolute atomic E-state index is 10.5. The van der Waals surface area contributed by atoms with Gasteiger partial charge in [0.25, 0.3) is 0 Å². The first-order chi connectivity index (χ1) is 10.3. The minimum atomic E-state index is -0.566. The van der Waals surface area contributed by atoms with E-state index in [4.69, 9.17) is 4.74 Å². The average Bonchev–Trinajstić information content (AvgIpc) is 2.55. The summed E-state index contributed by atoms with van der Waals surface area (Å²) in [6, 6.07) is 15.8. The van der Waals surface area contributed by atoms with Crippen molar-refractivity contribution in [2.75, 3.05) is 7.11 Å². The number of ether oxygens (including phenoxy) is 1. The highest BCUT2D eigenvalue weighted by Crippen LogP contribution is 2.34. The zero-order valence-electron chi connectivity index (χ0n) is 12.1. The normalized spacial score (nSPS) is 21.2. The second-order valence-electron chi connectivity index (χ2n) is 5.30. The van der Waals surface area contributed by atoms with Crippen molar-refractivity contribution in [1.29, 1.82) is 0 Å². The van der Waals surface area contributed by atoms with Crippen molar-refractivity contribution in [2.24, 2.45) is 4.99 Å². The van der Waals surface area contributed by atoms with Gasteiger partial charge in [-0.3, -0.25) is 4.99 Å². The number of nitrogens with zero attached hydrogens (tertiary/aromatic N) is 1. The topological polar surface area (TPSA) is 41.8 Å². The van der Waals surface area contributed by atoms with Crippen molar-refractivity contribution in [3.05, 3.63) is 65.2 Å². The molecule has 0 aliphatic heterocycles. The molecule has 2 aromatic rings. The van der Waals surface area contributed by atoms with Gasteiger partial charge in [0.1, 0.15) is 11.9 Å². The Morgan fingerprint density at radius 3 is 2.76 bits per heavy atom. The van der Waals surface area contributed by atoms with E-state index in [2.05, 4.69) is 4.99 Å². The number of methoxy groups -OCH3 is 1. The Bertz CT molecular complexity index is 637. The fourth-order valence-electron chi connectivity index (χ4n) is 2.75. The van der Waals surface area contributed by atoms with Gasteiger partial charge in [0.15, 0.2) is 0 Å². The molecule has 2 aromatic carbocycles. The van der Waals surface area contributed by atoms with E-state index in [9.17, 15) is 5.11 Å². The van der Waals surface area contributed by atoms with Gasteiger partial charge in [-0.1, -0.05) is 36.4 Å². The second-order valence-corrected chi connectivity index (χ2v) is 5.30. The Morgan fingerprint density at radius 1 is 1.19 bits per heavy atom. The summed E-state index contributed by atoms with van der Waals surface area (Å²) >= 11 is 0. The zero-order chi connectivity index (χ0) is 14.7. The third-order valence-electron chi connectivity index (χ3n) is 3.96. The highest BCUT2D eigenvalue weighted by atomic mass is 16.5. The third kappa shape index (κ3) is 2.98. The molecule has 0 saturated carbocycles. The van der Waals surface area contributed by atoms with Gasteiger partial charge in [0, 0.05) is 6.21 Å². The molecule has 1 N–H and O–H groups in total. The molecule has 0 heterocycles. The van der Waals surface area contributed by atoms with Crippen molar-refractivity contribution in [1.82, 2.24) is 0 Å². The molecule has 3 nitrogen and oxygen atoms in total. The number of hydrogen-bond acceptors (Lipinski definition) is 3. The molecule has 0 aromatic heterocycles. The van der Waals surface area contributed by atoms with Crippen molar-refractivity contribution in [3.63, 3.8) is 0 Å². The molecular weight excluding hydrogens is 262 g/mol. The highest BCUT2D eigenvalue weighted by molar-refractivity contribution is 5.79. The largest absolute Gasteiger partial charge is 0.497 e. The monoisotopic (exact) mass is 281 g/mol. The lowest BCUT2D eigenvalue weighted by atomic mass is 9.86. The van der Waals surface area contributed by atoms with Crippen LogP contribution < -0.4 is 4.74 Å². The molecule has 21 heavy (non-hydrogen) atoms. The molecule has 3 rings (SSSR count). The number of benzene rings is 2. The van der Waals surface area contributed by atoms with Crippen molar-refractivity contribution < 1.29 is 9.84 Å². The second kappa shape index (κ2) is 6.10. The predicted octanol–water partition coefficient (Wildman–Crippen LogP) is 3.16. The lowest BCUT2D eigenvalue weighted by molar-refractivity contribution is 0.134. The first-order valence-corrected chi connectivity index (χ1v) is 7.21. The minimum Gasteiger partial charge on any atom is -0.497 e. The number of hydrogen-bond donors (Lipinski definition) is 1. The van der Waals surface area contributed by atoms with E-state index >= 15 is 0 Å². The molecule has 0 radical (unpaired) electrons. The first-order valence-electron chi connectivity index (χ1n) is 7.21. The van der Waals surface area contributed by atoms with Crippen LogP contribution in [0.4, 0.5) is 0 Å². The van der Waals surface area contributed by atoms with E-state index in [1.807, 2.05) is 54.7 Å². The average molecular weight is 281 g/mol. The Hall–Kier alpha value is -2.13. The minimum absolute atomic E-state index is 0.0928. The van der Waals surface area contributed by atoms with Gasteiger partial charge in [-0.25, -0.2) is 0 Å². The Labute approximate surface area is 124 Å². The summed E-state index contributed by atoms with van der Waals surface area (Å²) in [6.07, 6.45) is 3.08. The zero-order valence-corrected chi connectivity index (χ0v) is 12.1. The highest BCUT2D eigenvalue weighted by Gasteiger charge is 2.27.